The summed E-state index contributed by atoms with van der Waals surface area (Å²) in [5.41, 5.74) is 0.121. The average molecular weight is 208 g/mol. The molecule has 0 aromatic rings. The lowest BCUT2D eigenvalue weighted by atomic mass is 9.81. The van der Waals surface area contributed by atoms with Crippen LogP contribution in [-0.2, 0) is 9.05 Å². The van der Waals surface area contributed by atoms with Crippen molar-refractivity contribution in [3.63, 3.8) is 0 Å². The van der Waals surface area contributed by atoms with Gasteiger partial charge in [0.15, 0.2) is 0 Å². The van der Waals surface area contributed by atoms with Crippen molar-refractivity contribution < 1.29 is 9.05 Å². The Morgan fingerprint density at radius 3 is 2.50 bits per heavy atom. The van der Waals surface area contributed by atoms with Crippen LogP contribution in [0.2, 0.25) is 0 Å². The second-order valence-corrected chi connectivity index (χ2v) is 6.19. The maximum Gasteiger partial charge on any atom is 0.235 e. The smallest absolute Gasteiger partial charge is 0.235 e. The third-order valence-electron chi connectivity index (χ3n) is 2.13. The topological polar surface area (TPSA) is 18.5 Å². The maximum atomic E-state index is 5.67. The van der Waals surface area contributed by atoms with Crippen LogP contribution in [0.4, 0.5) is 0 Å². The van der Waals surface area contributed by atoms with E-state index in [-0.39, 0.29) is 11.5 Å². The minimum Gasteiger partial charge on any atom is -0.326 e. The van der Waals surface area contributed by atoms with Crippen LogP contribution in [-0.4, -0.2) is 12.7 Å². The van der Waals surface area contributed by atoms with Gasteiger partial charge in [0.2, 0.25) is 7.58 Å². The highest BCUT2D eigenvalue weighted by Gasteiger charge is 2.39. The Hall–Kier alpha value is 0.700. The first-order chi connectivity index (χ1) is 5.43. The van der Waals surface area contributed by atoms with Gasteiger partial charge in [-0.25, -0.2) is 0 Å². The molecule has 0 saturated carbocycles. The fraction of sp³-hybridized carbons (Fsp3) is 1.00. The normalized spacial score (nSPS) is 35.5. The number of rotatable bonds is 1. The monoisotopic (exact) mass is 208 g/mol. The highest BCUT2D eigenvalue weighted by molar-refractivity contribution is 8.41. The predicted octanol–water partition coefficient (Wildman–Crippen LogP) is 3.24. The molecule has 0 aromatic carbocycles. The van der Waals surface area contributed by atoms with Gasteiger partial charge in [-0.3, -0.25) is 0 Å². The van der Waals surface area contributed by atoms with E-state index in [9.17, 15) is 0 Å². The van der Waals surface area contributed by atoms with Gasteiger partial charge in [0.1, 0.15) is 0 Å². The van der Waals surface area contributed by atoms with E-state index in [1.54, 1.807) is 0 Å². The van der Waals surface area contributed by atoms with E-state index in [1.807, 2.05) is 0 Å². The first-order valence-electron chi connectivity index (χ1n) is 4.22. The summed E-state index contributed by atoms with van der Waals surface area (Å²) in [5.74, 6) is 0.529. The van der Waals surface area contributed by atoms with Crippen LogP contribution >= 0.6 is 19.8 Å². The highest BCUT2D eigenvalue weighted by Crippen LogP contribution is 2.53. The van der Waals surface area contributed by atoms with Gasteiger partial charge in [-0.2, -0.15) is 0 Å². The molecule has 2 nitrogen and oxygen atoms in total. The molecule has 72 valence electrons. The third-order valence-corrected chi connectivity index (χ3v) is 3.51. The largest absolute Gasteiger partial charge is 0.326 e. The van der Waals surface area contributed by atoms with Crippen molar-refractivity contribution in [3.8, 4) is 0 Å². The van der Waals surface area contributed by atoms with Crippen molar-refractivity contribution in [2.45, 2.75) is 33.8 Å². The van der Waals surface area contributed by atoms with Crippen molar-refractivity contribution >= 4 is 19.8 Å². The molecule has 0 radical (unpaired) electrons. The van der Waals surface area contributed by atoms with E-state index >= 15 is 0 Å². The molecular formula is C8H17O2PS. The molecule has 1 fully saturated rings. The Balaban J connectivity index is 2.65. The molecule has 0 aromatic heterocycles. The molecule has 0 bridgehead atoms. The lowest BCUT2D eigenvalue weighted by molar-refractivity contribution is -0.0288. The van der Waals surface area contributed by atoms with Crippen LogP contribution in [0, 0.1) is 11.3 Å². The molecule has 2 atom stereocenters. The molecule has 0 amide bonds. The Morgan fingerprint density at radius 1 is 1.50 bits per heavy atom. The summed E-state index contributed by atoms with van der Waals surface area (Å²) in [6.45, 7) is 9.45. The lowest BCUT2D eigenvalue weighted by Crippen LogP contribution is -2.41. The molecule has 1 heterocycles. The fourth-order valence-electron chi connectivity index (χ4n) is 1.60. The van der Waals surface area contributed by atoms with Crippen LogP contribution in [0.15, 0.2) is 0 Å². The summed E-state index contributed by atoms with van der Waals surface area (Å²) in [7, 11) is -0.927. The maximum absolute atomic E-state index is 5.67. The van der Waals surface area contributed by atoms with Gasteiger partial charge in [-0.1, -0.05) is 39.9 Å². The van der Waals surface area contributed by atoms with Gasteiger partial charge >= 0.3 is 0 Å². The fourth-order valence-corrected chi connectivity index (χ4v) is 3.30. The quantitative estimate of drug-likeness (QED) is 0.526. The van der Waals surface area contributed by atoms with Gasteiger partial charge < -0.3 is 9.05 Å². The minimum atomic E-state index is -0.927. The SMILES string of the molecule is CC(C)C1OP(S)OCC1(C)C. The first kappa shape index (κ1) is 10.8. The van der Waals surface area contributed by atoms with Crippen molar-refractivity contribution in [3.05, 3.63) is 0 Å². The summed E-state index contributed by atoms with van der Waals surface area (Å²) >= 11 is 4.21. The minimum absolute atomic E-state index is 0.121. The molecule has 1 rings (SSSR count). The van der Waals surface area contributed by atoms with Crippen LogP contribution in [0.3, 0.4) is 0 Å². The van der Waals surface area contributed by atoms with Gasteiger partial charge in [0.05, 0.1) is 12.7 Å². The van der Waals surface area contributed by atoms with Crippen molar-refractivity contribution in [2.75, 3.05) is 6.61 Å². The molecule has 0 spiro atoms. The van der Waals surface area contributed by atoms with Gasteiger partial charge in [0.25, 0.3) is 0 Å². The summed E-state index contributed by atoms with van der Waals surface area (Å²) in [6.07, 6.45) is 0.273. The molecule has 12 heavy (non-hydrogen) atoms. The molecule has 2 unspecified atom stereocenters. The second-order valence-electron chi connectivity index (χ2n) is 4.27. The molecular weight excluding hydrogens is 191 g/mol. The third kappa shape index (κ3) is 2.35. The standard InChI is InChI=1S/C8H17O2PS/c1-6(2)7-8(3,4)5-9-11(12)10-7/h6-7,12H,5H2,1-4H3. The second kappa shape index (κ2) is 3.83. The molecule has 1 aliphatic heterocycles. The Bertz CT molecular complexity index is 161. The van der Waals surface area contributed by atoms with E-state index in [2.05, 4.69) is 39.9 Å². The summed E-state index contributed by atoms with van der Waals surface area (Å²) < 4.78 is 11.1. The van der Waals surface area contributed by atoms with Crippen LogP contribution in [0.5, 0.6) is 0 Å². The van der Waals surface area contributed by atoms with Gasteiger partial charge in [-0.15, -0.1) is 0 Å². The predicted molar refractivity (Wildman–Crippen MR) is 55.4 cm³/mol. The van der Waals surface area contributed by atoms with E-state index in [0.717, 1.165) is 6.61 Å². The average Bonchev–Trinajstić information content (AvgIpc) is 1.94. The van der Waals surface area contributed by atoms with E-state index in [1.165, 1.54) is 0 Å². The highest BCUT2D eigenvalue weighted by atomic mass is 32.7. The van der Waals surface area contributed by atoms with Crippen LogP contribution in [0.1, 0.15) is 27.7 Å². The summed E-state index contributed by atoms with van der Waals surface area (Å²) in [6, 6.07) is 0. The Labute approximate surface area is 81.1 Å². The van der Waals surface area contributed by atoms with Crippen molar-refractivity contribution in [2.24, 2.45) is 11.3 Å². The molecule has 0 aliphatic carbocycles. The van der Waals surface area contributed by atoms with Gasteiger partial charge in [-0.05, 0) is 5.92 Å². The zero-order valence-corrected chi connectivity index (χ0v) is 9.86. The zero-order valence-electron chi connectivity index (χ0n) is 8.07. The molecule has 1 saturated heterocycles. The van der Waals surface area contributed by atoms with Crippen molar-refractivity contribution in [1.29, 1.82) is 0 Å². The molecule has 1 aliphatic rings. The van der Waals surface area contributed by atoms with E-state index < -0.39 is 7.58 Å². The van der Waals surface area contributed by atoms with Gasteiger partial charge in [0, 0.05) is 5.41 Å². The van der Waals surface area contributed by atoms with Crippen LogP contribution in [0.25, 0.3) is 0 Å². The summed E-state index contributed by atoms with van der Waals surface area (Å²) in [5, 5.41) is 0. The number of hydrogen-bond donors (Lipinski definition) is 1. The summed E-state index contributed by atoms with van der Waals surface area (Å²) in [4.78, 5) is 0. The van der Waals surface area contributed by atoms with E-state index in [0.29, 0.717) is 5.92 Å². The first-order valence-corrected chi connectivity index (χ1v) is 6.55. The molecule has 4 heteroatoms. The zero-order chi connectivity index (χ0) is 9.35. The van der Waals surface area contributed by atoms with Crippen molar-refractivity contribution in [1.82, 2.24) is 0 Å². The Kier molecular flexibility index (Phi) is 3.44. The number of thiol groups is 1. The number of hydrogen-bond acceptors (Lipinski definition) is 3. The lowest BCUT2D eigenvalue weighted by Gasteiger charge is -2.41. The van der Waals surface area contributed by atoms with Crippen LogP contribution < -0.4 is 0 Å². The Morgan fingerprint density at radius 2 is 2.08 bits per heavy atom. The molecule has 0 N–H and O–H groups in total. The van der Waals surface area contributed by atoms with E-state index in [4.69, 9.17) is 9.05 Å².